The highest BCUT2D eigenvalue weighted by molar-refractivity contribution is 5.97. The van der Waals surface area contributed by atoms with Gasteiger partial charge in [-0.3, -0.25) is 0 Å². The zero-order valence-electron chi connectivity index (χ0n) is 31.5. The number of anilines is 3. The Bertz CT molecular complexity index is 2200. The van der Waals surface area contributed by atoms with Gasteiger partial charge in [0.15, 0.2) is 0 Å². The van der Waals surface area contributed by atoms with Crippen LogP contribution in [0.15, 0.2) is 152 Å². The molecule has 0 radical (unpaired) electrons. The van der Waals surface area contributed by atoms with Gasteiger partial charge < -0.3 is 4.90 Å². The first-order valence-electron chi connectivity index (χ1n) is 21.0. The van der Waals surface area contributed by atoms with Crippen molar-refractivity contribution < 1.29 is 0 Å². The van der Waals surface area contributed by atoms with Gasteiger partial charge in [-0.25, -0.2) is 0 Å². The zero-order valence-corrected chi connectivity index (χ0v) is 31.5. The van der Waals surface area contributed by atoms with Gasteiger partial charge in [0, 0.05) is 16.9 Å². The predicted molar refractivity (Wildman–Crippen MR) is 224 cm³/mol. The molecule has 12 rings (SSSR count). The van der Waals surface area contributed by atoms with Crippen LogP contribution in [0.25, 0.3) is 11.1 Å². The molecule has 5 fully saturated rings. The average Bonchev–Trinajstić information content (AvgIpc) is 3.54. The van der Waals surface area contributed by atoms with E-state index < -0.39 is 5.41 Å². The smallest absolute Gasteiger partial charge is 0.0714 e. The van der Waals surface area contributed by atoms with Gasteiger partial charge in [-0.15, -0.1) is 0 Å². The normalized spacial score (nSPS) is 24.9. The Morgan fingerprint density at radius 3 is 1.59 bits per heavy atom. The molecule has 0 amide bonds. The summed E-state index contributed by atoms with van der Waals surface area (Å²) in [7, 11) is 0. The van der Waals surface area contributed by atoms with Gasteiger partial charge in [0.1, 0.15) is 0 Å². The molecule has 6 aliphatic carbocycles. The van der Waals surface area contributed by atoms with Crippen LogP contribution in [0.4, 0.5) is 17.1 Å². The van der Waals surface area contributed by atoms with Crippen molar-refractivity contribution in [3.05, 3.63) is 185 Å². The standard InChI is InChI=1S/C53H51N/c1-4-13-40(14-5-1)41-23-27-45(28-24-41)54(46-29-25-42(26-30-46)52-34-37-31-38(35-52)33-39(32-37)36-52)50-22-12-21-49-51(50)47-19-10-11-20-48(47)53(49,43-15-6-2-7-16-43)44-17-8-3-9-18-44/h2-3,6-12,15-30,37-40H,1,4-5,13-14,31-36H2. The van der Waals surface area contributed by atoms with Crippen LogP contribution in [0, 0.1) is 17.8 Å². The topological polar surface area (TPSA) is 3.24 Å². The first kappa shape index (κ1) is 32.5. The molecule has 0 aliphatic heterocycles. The largest absolute Gasteiger partial charge is 0.310 e. The Hall–Kier alpha value is -4.88. The molecule has 6 aliphatic rings. The van der Waals surface area contributed by atoms with Crippen LogP contribution < -0.4 is 4.90 Å². The quantitative estimate of drug-likeness (QED) is 0.160. The molecule has 268 valence electrons. The number of hydrogen-bond acceptors (Lipinski definition) is 1. The van der Waals surface area contributed by atoms with E-state index in [1.54, 1.807) is 5.56 Å². The summed E-state index contributed by atoms with van der Waals surface area (Å²) in [6, 6.07) is 58.4. The molecule has 6 aromatic rings. The van der Waals surface area contributed by atoms with E-state index in [2.05, 4.69) is 157 Å². The fraction of sp³-hybridized carbons (Fsp3) is 0.321. The SMILES string of the molecule is c1ccc(C2(c3ccccc3)c3ccccc3-c3c(N(c4ccc(C5CCCCC5)cc4)c4ccc(C56CC7CC(CC(C7)C5)C6)cc4)cccc32)cc1. The van der Waals surface area contributed by atoms with E-state index in [0.717, 1.165) is 17.8 Å². The van der Waals surface area contributed by atoms with Gasteiger partial charge in [-0.2, -0.15) is 0 Å². The minimum absolute atomic E-state index is 0.387. The lowest BCUT2D eigenvalue weighted by atomic mass is 9.48. The molecule has 6 aromatic carbocycles. The molecular formula is C53H51N. The average molecular weight is 702 g/mol. The molecule has 0 atom stereocenters. The van der Waals surface area contributed by atoms with E-state index in [1.165, 1.54) is 127 Å². The molecule has 0 unspecified atom stereocenters. The van der Waals surface area contributed by atoms with Gasteiger partial charge in [0.25, 0.3) is 0 Å². The summed E-state index contributed by atoms with van der Waals surface area (Å²) in [4.78, 5) is 2.58. The highest BCUT2D eigenvalue weighted by Gasteiger charge is 2.52. The fourth-order valence-electron chi connectivity index (χ4n) is 12.8. The van der Waals surface area contributed by atoms with Gasteiger partial charge in [-0.1, -0.05) is 141 Å². The van der Waals surface area contributed by atoms with Crippen molar-refractivity contribution >= 4 is 17.1 Å². The Balaban J connectivity index is 1.10. The van der Waals surface area contributed by atoms with E-state index in [1.807, 2.05) is 0 Å². The Labute approximate surface area is 322 Å². The van der Waals surface area contributed by atoms with Crippen LogP contribution in [0.2, 0.25) is 0 Å². The van der Waals surface area contributed by atoms with Gasteiger partial charge in [-0.05, 0) is 150 Å². The first-order valence-corrected chi connectivity index (χ1v) is 21.0. The van der Waals surface area contributed by atoms with Gasteiger partial charge in [0.05, 0.1) is 11.1 Å². The Morgan fingerprint density at radius 1 is 0.444 bits per heavy atom. The molecular weight excluding hydrogens is 651 g/mol. The maximum Gasteiger partial charge on any atom is 0.0714 e. The van der Waals surface area contributed by atoms with Crippen LogP contribution in [0.5, 0.6) is 0 Å². The van der Waals surface area contributed by atoms with E-state index in [4.69, 9.17) is 0 Å². The molecule has 1 heteroatoms. The summed E-state index contributed by atoms with van der Waals surface area (Å²) >= 11 is 0. The van der Waals surface area contributed by atoms with Gasteiger partial charge >= 0.3 is 0 Å². The van der Waals surface area contributed by atoms with Crippen molar-refractivity contribution in [3.8, 4) is 11.1 Å². The van der Waals surface area contributed by atoms with Crippen LogP contribution in [0.1, 0.15) is 110 Å². The maximum atomic E-state index is 2.58. The zero-order chi connectivity index (χ0) is 35.7. The lowest BCUT2D eigenvalue weighted by Crippen LogP contribution is -2.48. The molecule has 0 saturated heterocycles. The molecule has 4 bridgehead atoms. The number of benzene rings is 6. The molecule has 0 spiro atoms. The lowest BCUT2D eigenvalue weighted by molar-refractivity contribution is -0.00518. The van der Waals surface area contributed by atoms with Crippen LogP contribution >= 0.6 is 0 Å². The Morgan fingerprint density at radius 2 is 0.981 bits per heavy atom. The van der Waals surface area contributed by atoms with Gasteiger partial charge in [0.2, 0.25) is 0 Å². The summed E-state index contributed by atoms with van der Waals surface area (Å²) in [5, 5.41) is 0. The highest BCUT2D eigenvalue weighted by Crippen LogP contribution is 2.62. The molecule has 54 heavy (non-hydrogen) atoms. The number of nitrogens with zero attached hydrogens (tertiary/aromatic N) is 1. The second kappa shape index (κ2) is 12.9. The number of rotatable bonds is 7. The van der Waals surface area contributed by atoms with Crippen molar-refractivity contribution in [2.24, 2.45) is 17.8 Å². The lowest BCUT2D eigenvalue weighted by Gasteiger charge is -2.57. The van der Waals surface area contributed by atoms with Crippen molar-refractivity contribution in [1.29, 1.82) is 0 Å². The summed E-state index contributed by atoms with van der Waals surface area (Å²) in [6.07, 6.45) is 15.4. The second-order valence-electron chi connectivity index (χ2n) is 17.7. The van der Waals surface area contributed by atoms with E-state index in [0.29, 0.717) is 11.3 Å². The first-order chi connectivity index (χ1) is 26.7. The van der Waals surface area contributed by atoms with Crippen molar-refractivity contribution in [2.75, 3.05) is 4.90 Å². The van der Waals surface area contributed by atoms with Crippen molar-refractivity contribution in [2.45, 2.75) is 87.4 Å². The van der Waals surface area contributed by atoms with Crippen molar-refractivity contribution in [1.82, 2.24) is 0 Å². The summed E-state index contributed by atoms with van der Waals surface area (Å²) < 4.78 is 0. The van der Waals surface area contributed by atoms with Crippen molar-refractivity contribution in [3.63, 3.8) is 0 Å². The molecule has 0 N–H and O–H groups in total. The predicted octanol–water partition coefficient (Wildman–Crippen LogP) is 14.0. The third-order valence-electron chi connectivity index (χ3n) is 14.7. The molecule has 5 saturated carbocycles. The highest BCUT2D eigenvalue weighted by atomic mass is 15.1. The fourth-order valence-corrected chi connectivity index (χ4v) is 12.8. The van der Waals surface area contributed by atoms with Crippen LogP contribution in [-0.2, 0) is 10.8 Å². The molecule has 1 nitrogen and oxygen atoms in total. The monoisotopic (exact) mass is 701 g/mol. The van der Waals surface area contributed by atoms with E-state index >= 15 is 0 Å². The summed E-state index contributed by atoms with van der Waals surface area (Å²) in [5.74, 6) is 3.51. The second-order valence-corrected chi connectivity index (χ2v) is 17.7. The Kier molecular flexibility index (Phi) is 7.75. The van der Waals surface area contributed by atoms with Crippen LogP contribution in [-0.4, -0.2) is 0 Å². The summed E-state index contributed by atoms with van der Waals surface area (Å²) in [6.45, 7) is 0. The molecule has 0 aromatic heterocycles. The molecule has 0 heterocycles. The maximum absolute atomic E-state index is 2.58. The van der Waals surface area contributed by atoms with E-state index in [-0.39, 0.29) is 0 Å². The summed E-state index contributed by atoms with van der Waals surface area (Å²) in [5.41, 5.74) is 14.8. The minimum atomic E-state index is -0.427. The van der Waals surface area contributed by atoms with Crippen LogP contribution in [0.3, 0.4) is 0 Å². The van der Waals surface area contributed by atoms with E-state index in [9.17, 15) is 0 Å². The third kappa shape index (κ3) is 5.03. The number of fused-ring (bicyclic) bond motifs is 3. The minimum Gasteiger partial charge on any atom is -0.310 e. The number of hydrogen-bond donors (Lipinski definition) is 0. The third-order valence-corrected chi connectivity index (χ3v) is 14.7.